The minimum atomic E-state index is -4.16. The molecule has 4 aromatic rings. The number of nitrogens with one attached hydrogen (secondary N) is 1. The molecule has 0 fully saturated rings. The fourth-order valence-electron chi connectivity index (χ4n) is 4.71. The van der Waals surface area contributed by atoms with E-state index in [1.807, 2.05) is 43.3 Å². The number of halogens is 2. The number of amides is 2. The van der Waals surface area contributed by atoms with Gasteiger partial charge in [0.1, 0.15) is 12.6 Å². The van der Waals surface area contributed by atoms with Crippen LogP contribution in [0.1, 0.15) is 23.6 Å². The topological polar surface area (TPSA) is 86.8 Å². The standard InChI is InChI=1S/C33H33Cl2N3O4S/c1-3-36-33(40)31(20-25-12-6-4-7-13-25)37(22-26-17-18-27(34)21-30(26)35)32(39)23-38(28-14-10-11-24(2)19-28)43(41,42)29-15-8-5-9-16-29/h4-19,21,31H,3,20,22-23H2,1-2H3,(H,36,40)/t31-/m0/s1. The zero-order chi connectivity index (χ0) is 31.0. The van der Waals surface area contributed by atoms with Crippen LogP contribution in [-0.2, 0) is 32.6 Å². The summed E-state index contributed by atoms with van der Waals surface area (Å²) in [5.41, 5.74) is 2.56. The number of likely N-dealkylation sites (N-methyl/N-ethyl adjacent to an activating group) is 1. The second kappa shape index (κ2) is 14.6. The molecular weight excluding hydrogens is 605 g/mol. The Kier molecular flexibility index (Phi) is 10.9. The van der Waals surface area contributed by atoms with Crippen LogP contribution in [-0.4, -0.2) is 44.3 Å². The maximum Gasteiger partial charge on any atom is 0.264 e. The highest BCUT2D eigenvalue weighted by Crippen LogP contribution is 2.27. The van der Waals surface area contributed by atoms with Crippen molar-refractivity contribution in [2.75, 3.05) is 17.4 Å². The van der Waals surface area contributed by atoms with Gasteiger partial charge in [0.15, 0.2) is 0 Å². The van der Waals surface area contributed by atoms with Gasteiger partial charge >= 0.3 is 0 Å². The number of carbonyl (C=O) groups excluding carboxylic acids is 2. The summed E-state index contributed by atoms with van der Waals surface area (Å²) in [5.74, 6) is -0.933. The van der Waals surface area contributed by atoms with E-state index >= 15 is 0 Å². The van der Waals surface area contributed by atoms with E-state index in [4.69, 9.17) is 23.2 Å². The van der Waals surface area contributed by atoms with Crippen molar-refractivity contribution in [3.8, 4) is 0 Å². The molecule has 2 amide bonds. The first kappa shape index (κ1) is 32.1. The zero-order valence-electron chi connectivity index (χ0n) is 23.9. The predicted molar refractivity (Wildman–Crippen MR) is 172 cm³/mol. The number of hydrogen-bond donors (Lipinski definition) is 1. The molecule has 10 heteroatoms. The number of aryl methyl sites for hydroxylation is 1. The molecule has 0 aliphatic carbocycles. The number of nitrogens with zero attached hydrogens (tertiary/aromatic N) is 2. The second-order valence-corrected chi connectivity index (χ2v) is 12.7. The van der Waals surface area contributed by atoms with Crippen molar-refractivity contribution in [3.05, 3.63) is 130 Å². The van der Waals surface area contributed by atoms with E-state index in [0.29, 0.717) is 27.8 Å². The lowest BCUT2D eigenvalue weighted by molar-refractivity contribution is -0.140. The van der Waals surface area contributed by atoms with Crippen molar-refractivity contribution in [1.29, 1.82) is 0 Å². The van der Waals surface area contributed by atoms with Crippen LogP contribution in [0.4, 0.5) is 5.69 Å². The molecule has 0 bridgehead atoms. The van der Waals surface area contributed by atoms with Gasteiger partial charge in [-0.15, -0.1) is 0 Å². The molecule has 0 aliphatic heterocycles. The number of anilines is 1. The summed E-state index contributed by atoms with van der Waals surface area (Å²) in [7, 11) is -4.16. The fourth-order valence-corrected chi connectivity index (χ4v) is 6.61. The summed E-state index contributed by atoms with van der Waals surface area (Å²) in [4.78, 5) is 29.4. The van der Waals surface area contributed by atoms with Crippen LogP contribution in [0.3, 0.4) is 0 Å². The first-order valence-electron chi connectivity index (χ1n) is 13.8. The minimum absolute atomic E-state index is 0.0427. The maximum atomic E-state index is 14.4. The Hall–Kier alpha value is -3.85. The summed E-state index contributed by atoms with van der Waals surface area (Å²) >= 11 is 12.7. The normalized spacial score (nSPS) is 11.9. The van der Waals surface area contributed by atoms with Gasteiger partial charge in [0, 0.05) is 29.6 Å². The van der Waals surface area contributed by atoms with Gasteiger partial charge in [0.2, 0.25) is 11.8 Å². The summed E-state index contributed by atoms with van der Waals surface area (Å²) < 4.78 is 29.1. The van der Waals surface area contributed by atoms with Gasteiger partial charge in [-0.2, -0.15) is 0 Å². The summed E-state index contributed by atoms with van der Waals surface area (Å²) in [6.07, 6.45) is 0.208. The lowest BCUT2D eigenvalue weighted by atomic mass is 10.0. The SMILES string of the molecule is CCNC(=O)[C@H](Cc1ccccc1)N(Cc1ccc(Cl)cc1Cl)C(=O)CN(c1cccc(C)c1)S(=O)(=O)c1ccccc1. The molecule has 0 aromatic heterocycles. The van der Waals surface area contributed by atoms with Gasteiger partial charge in [0.05, 0.1) is 10.6 Å². The molecule has 0 unspecified atom stereocenters. The smallest absolute Gasteiger partial charge is 0.264 e. The summed E-state index contributed by atoms with van der Waals surface area (Å²) in [5, 5.41) is 3.59. The Bertz CT molecular complexity index is 1670. The van der Waals surface area contributed by atoms with E-state index in [2.05, 4.69) is 5.32 Å². The number of benzene rings is 4. The number of sulfonamides is 1. The number of hydrogen-bond acceptors (Lipinski definition) is 4. The molecule has 0 saturated carbocycles. The highest BCUT2D eigenvalue weighted by Gasteiger charge is 2.34. The van der Waals surface area contributed by atoms with Gasteiger partial charge in [0.25, 0.3) is 10.0 Å². The first-order valence-corrected chi connectivity index (χ1v) is 16.0. The van der Waals surface area contributed by atoms with Crippen molar-refractivity contribution < 1.29 is 18.0 Å². The minimum Gasteiger partial charge on any atom is -0.355 e. The Balaban J connectivity index is 1.81. The van der Waals surface area contributed by atoms with Crippen LogP contribution in [0.2, 0.25) is 10.0 Å². The predicted octanol–water partition coefficient (Wildman–Crippen LogP) is 6.27. The lowest BCUT2D eigenvalue weighted by Crippen LogP contribution is -2.53. The molecule has 4 aromatic carbocycles. The van der Waals surface area contributed by atoms with Crippen molar-refractivity contribution in [1.82, 2.24) is 10.2 Å². The fraction of sp³-hybridized carbons (Fsp3) is 0.212. The van der Waals surface area contributed by atoms with Crippen molar-refractivity contribution in [2.24, 2.45) is 0 Å². The van der Waals surface area contributed by atoms with Crippen LogP contribution >= 0.6 is 23.2 Å². The Morgan fingerprint density at radius 3 is 2.16 bits per heavy atom. The molecule has 7 nitrogen and oxygen atoms in total. The van der Waals surface area contributed by atoms with Crippen molar-refractivity contribution >= 4 is 50.7 Å². The molecule has 1 atom stereocenters. The Labute approximate surface area is 263 Å². The third-order valence-corrected chi connectivity index (χ3v) is 9.25. The molecule has 0 radical (unpaired) electrons. The van der Waals surface area contributed by atoms with Gasteiger partial charge in [-0.1, -0.05) is 89.9 Å². The van der Waals surface area contributed by atoms with Gasteiger partial charge in [-0.05, 0) is 66.9 Å². The highest BCUT2D eigenvalue weighted by molar-refractivity contribution is 7.92. The molecule has 4 rings (SSSR count). The third-order valence-electron chi connectivity index (χ3n) is 6.88. The van der Waals surface area contributed by atoms with Crippen LogP contribution < -0.4 is 9.62 Å². The highest BCUT2D eigenvalue weighted by atomic mass is 35.5. The maximum absolute atomic E-state index is 14.4. The average Bonchev–Trinajstić information content (AvgIpc) is 2.99. The first-order chi connectivity index (χ1) is 20.6. The second-order valence-electron chi connectivity index (χ2n) is 10.0. The van der Waals surface area contributed by atoms with Gasteiger partial charge < -0.3 is 10.2 Å². The molecule has 0 aliphatic rings. The third kappa shape index (κ3) is 8.16. The number of carbonyl (C=O) groups is 2. The number of rotatable bonds is 12. The van der Waals surface area contributed by atoms with Crippen LogP contribution in [0, 0.1) is 6.92 Å². The van der Waals surface area contributed by atoms with E-state index < -0.39 is 28.5 Å². The molecule has 0 spiro atoms. The van der Waals surface area contributed by atoms with Gasteiger partial charge in [-0.3, -0.25) is 13.9 Å². The van der Waals surface area contributed by atoms with E-state index in [1.54, 1.807) is 61.5 Å². The molecule has 1 N–H and O–H groups in total. The van der Waals surface area contributed by atoms with E-state index in [-0.39, 0.29) is 23.8 Å². The average molecular weight is 639 g/mol. The van der Waals surface area contributed by atoms with Crippen LogP contribution in [0.15, 0.2) is 108 Å². The summed E-state index contributed by atoms with van der Waals surface area (Å²) in [6.45, 7) is 3.41. The van der Waals surface area contributed by atoms with E-state index in [0.717, 1.165) is 15.4 Å². The molecule has 224 valence electrons. The van der Waals surface area contributed by atoms with Gasteiger partial charge in [-0.25, -0.2) is 8.42 Å². The molecule has 0 saturated heterocycles. The monoisotopic (exact) mass is 637 g/mol. The van der Waals surface area contributed by atoms with E-state index in [1.165, 1.54) is 17.0 Å². The molecule has 43 heavy (non-hydrogen) atoms. The lowest BCUT2D eigenvalue weighted by Gasteiger charge is -2.34. The van der Waals surface area contributed by atoms with E-state index in [9.17, 15) is 18.0 Å². The summed E-state index contributed by atoms with van der Waals surface area (Å²) in [6, 6.07) is 28.2. The van der Waals surface area contributed by atoms with Crippen molar-refractivity contribution in [2.45, 2.75) is 37.8 Å². The molecular formula is C33H33Cl2N3O4S. The van der Waals surface area contributed by atoms with Crippen LogP contribution in [0.25, 0.3) is 0 Å². The largest absolute Gasteiger partial charge is 0.355 e. The molecule has 0 heterocycles. The van der Waals surface area contributed by atoms with Crippen molar-refractivity contribution in [3.63, 3.8) is 0 Å². The Morgan fingerprint density at radius 2 is 1.53 bits per heavy atom. The Morgan fingerprint density at radius 1 is 0.860 bits per heavy atom. The zero-order valence-corrected chi connectivity index (χ0v) is 26.2. The van der Waals surface area contributed by atoms with Crippen LogP contribution in [0.5, 0.6) is 0 Å². The quantitative estimate of drug-likeness (QED) is 0.198.